The summed E-state index contributed by atoms with van der Waals surface area (Å²) < 4.78 is 6.02. The van der Waals surface area contributed by atoms with Crippen molar-refractivity contribution in [1.82, 2.24) is 0 Å². The van der Waals surface area contributed by atoms with Crippen LogP contribution in [0.15, 0.2) is 18.2 Å². The number of hydrogen-bond donors (Lipinski definition) is 1. The van der Waals surface area contributed by atoms with Gasteiger partial charge in [-0.15, -0.1) is 0 Å². The number of nitrogens with two attached hydrogens (primary N) is 1. The maximum atomic E-state index is 12.8. The van der Waals surface area contributed by atoms with Gasteiger partial charge in [-0.2, -0.15) is 0 Å². The lowest BCUT2D eigenvalue weighted by Crippen LogP contribution is -2.57. The zero-order chi connectivity index (χ0) is 14.9. The van der Waals surface area contributed by atoms with E-state index in [1.54, 1.807) is 4.90 Å². The highest BCUT2D eigenvalue weighted by Crippen LogP contribution is 2.40. The molecule has 2 rings (SSSR count). The van der Waals surface area contributed by atoms with Crippen molar-refractivity contribution in [2.45, 2.75) is 39.2 Å². The van der Waals surface area contributed by atoms with Crippen molar-refractivity contribution in [2.24, 2.45) is 5.73 Å². The number of carbonyl (C=O) groups excluding carboxylic acids is 1. The molecule has 0 unspecified atom stereocenters. The van der Waals surface area contributed by atoms with E-state index in [0.717, 1.165) is 17.0 Å². The Kier molecular flexibility index (Phi) is 3.99. The highest BCUT2D eigenvalue weighted by molar-refractivity contribution is 7.80. The average Bonchev–Trinajstić information content (AvgIpc) is 2.42. The van der Waals surface area contributed by atoms with Gasteiger partial charge in [-0.25, -0.2) is 0 Å². The highest BCUT2D eigenvalue weighted by Gasteiger charge is 2.45. The fraction of sp³-hybridized carbons (Fsp3) is 0.467. The van der Waals surface area contributed by atoms with E-state index in [0.29, 0.717) is 17.8 Å². The van der Waals surface area contributed by atoms with Gasteiger partial charge in [0.1, 0.15) is 5.75 Å². The summed E-state index contributed by atoms with van der Waals surface area (Å²) in [4.78, 5) is 14.8. The lowest BCUT2D eigenvalue weighted by atomic mass is 9.92. The number of carbonyl (C=O) groups is 1. The van der Waals surface area contributed by atoms with Crippen molar-refractivity contribution in [3.8, 4) is 5.75 Å². The first kappa shape index (κ1) is 14.8. The smallest absolute Gasteiger partial charge is 0.271 e. The van der Waals surface area contributed by atoms with Crippen LogP contribution in [0.5, 0.6) is 5.75 Å². The summed E-state index contributed by atoms with van der Waals surface area (Å²) in [6.45, 7) is 6.14. The van der Waals surface area contributed by atoms with Crippen molar-refractivity contribution < 1.29 is 9.53 Å². The molecule has 0 bridgehead atoms. The number of anilines is 1. The molecule has 0 radical (unpaired) electrons. The Hall–Kier alpha value is -1.62. The second-order valence-corrected chi connectivity index (χ2v) is 5.66. The topological polar surface area (TPSA) is 55.6 Å². The molecule has 1 heterocycles. The number of amides is 1. The lowest BCUT2D eigenvalue weighted by molar-refractivity contribution is -0.136. The quantitative estimate of drug-likeness (QED) is 0.867. The molecule has 0 spiro atoms. The van der Waals surface area contributed by atoms with Crippen molar-refractivity contribution in [2.75, 3.05) is 11.4 Å². The van der Waals surface area contributed by atoms with Crippen LogP contribution in [0, 0.1) is 6.92 Å². The van der Waals surface area contributed by atoms with E-state index >= 15 is 0 Å². The molecule has 1 aliphatic rings. The van der Waals surface area contributed by atoms with Gasteiger partial charge in [0.25, 0.3) is 5.91 Å². The summed E-state index contributed by atoms with van der Waals surface area (Å²) in [5.74, 6) is 0.656. The molecule has 1 aromatic rings. The number of benzene rings is 1. The van der Waals surface area contributed by atoms with E-state index in [2.05, 4.69) is 0 Å². The van der Waals surface area contributed by atoms with Crippen LogP contribution in [0.2, 0.25) is 0 Å². The molecule has 0 fully saturated rings. The SMILES string of the molecule is CCC1(CC)Oc2ccc(C)cc2N(CC(N)=S)C1=O. The first-order chi connectivity index (χ1) is 9.43. The molecule has 4 nitrogen and oxygen atoms in total. The fourth-order valence-corrected chi connectivity index (χ4v) is 2.67. The van der Waals surface area contributed by atoms with Gasteiger partial charge in [0, 0.05) is 0 Å². The van der Waals surface area contributed by atoms with Gasteiger partial charge < -0.3 is 10.5 Å². The molecule has 2 N–H and O–H groups in total. The third-order valence-electron chi connectivity index (χ3n) is 3.80. The largest absolute Gasteiger partial charge is 0.475 e. The van der Waals surface area contributed by atoms with Crippen LogP contribution in [0.25, 0.3) is 0 Å². The minimum Gasteiger partial charge on any atom is -0.475 e. The zero-order valence-corrected chi connectivity index (χ0v) is 12.9. The zero-order valence-electron chi connectivity index (χ0n) is 12.1. The Balaban J connectivity index is 2.55. The molecule has 1 aromatic carbocycles. The minimum atomic E-state index is -0.812. The van der Waals surface area contributed by atoms with Gasteiger partial charge in [0.15, 0.2) is 5.60 Å². The third-order valence-corrected chi connectivity index (χ3v) is 3.93. The predicted octanol–water partition coefficient (Wildman–Crippen LogP) is 2.57. The van der Waals surface area contributed by atoms with Crippen LogP contribution >= 0.6 is 12.2 Å². The van der Waals surface area contributed by atoms with E-state index in [1.165, 1.54) is 0 Å². The van der Waals surface area contributed by atoms with Gasteiger partial charge in [-0.1, -0.05) is 32.1 Å². The van der Waals surface area contributed by atoms with Crippen LogP contribution in [0.1, 0.15) is 32.3 Å². The molecule has 1 amide bonds. The second kappa shape index (κ2) is 5.40. The number of fused-ring (bicyclic) bond motifs is 1. The summed E-state index contributed by atoms with van der Waals surface area (Å²) in [6.07, 6.45) is 1.23. The van der Waals surface area contributed by atoms with Crippen LogP contribution in [0.4, 0.5) is 5.69 Å². The minimum absolute atomic E-state index is 0.0617. The Morgan fingerprint density at radius 2 is 2.05 bits per heavy atom. The highest BCUT2D eigenvalue weighted by atomic mass is 32.1. The number of aryl methyl sites for hydroxylation is 1. The van der Waals surface area contributed by atoms with Crippen molar-refractivity contribution in [3.05, 3.63) is 23.8 Å². The molecule has 0 aromatic heterocycles. The van der Waals surface area contributed by atoms with Crippen molar-refractivity contribution in [3.63, 3.8) is 0 Å². The Morgan fingerprint density at radius 3 is 2.60 bits per heavy atom. The molecule has 0 saturated carbocycles. The Morgan fingerprint density at radius 1 is 1.40 bits per heavy atom. The molecule has 1 aliphatic heterocycles. The van der Waals surface area contributed by atoms with Crippen LogP contribution in [-0.2, 0) is 4.79 Å². The molecule has 108 valence electrons. The van der Waals surface area contributed by atoms with Gasteiger partial charge >= 0.3 is 0 Å². The Bertz CT molecular complexity index is 553. The number of rotatable bonds is 4. The second-order valence-electron chi connectivity index (χ2n) is 5.13. The summed E-state index contributed by atoms with van der Waals surface area (Å²) in [7, 11) is 0. The van der Waals surface area contributed by atoms with E-state index in [1.807, 2.05) is 39.0 Å². The number of ether oxygens (including phenoxy) is 1. The van der Waals surface area contributed by atoms with E-state index in [9.17, 15) is 4.79 Å². The van der Waals surface area contributed by atoms with Gasteiger partial charge in [0.05, 0.1) is 17.2 Å². The third kappa shape index (κ3) is 2.38. The summed E-state index contributed by atoms with van der Waals surface area (Å²) in [5.41, 5.74) is 6.65. The predicted molar refractivity (Wildman–Crippen MR) is 84.3 cm³/mol. The molecular formula is C15H20N2O2S. The fourth-order valence-electron chi connectivity index (χ4n) is 2.54. The van der Waals surface area contributed by atoms with Gasteiger partial charge in [0.2, 0.25) is 0 Å². The summed E-state index contributed by atoms with van der Waals surface area (Å²) >= 11 is 4.98. The average molecular weight is 292 g/mol. The first-order valence-electron chi connectivity index (χ1n) is 6.83. The number of nitrogens with zero attached hydrogens (tertiary/aromatic N) is 1. The van der Waals surface area contributed by atoms with Gasteiger partial charge in [-0.05, 0) is 37.5 Å². The lowest BCUT2D eigenvalue weighted by Gasteiger charge is -2.42. The molecule has 20 heavy (non-hydrogen) atoms. The molecular weight excluding hydrogens is 272 g/mol. The first-order valence-corrected chi connectivity index (χ1v) is 7.24. The van der Waals surface area contributed by atoms with Crippen molar-refractivity contribution in [1.29, 1.82) is 0 Å². The van der Waals surface area contributed by atoms with Crippen LogP contribution < -0.4 is 15.4 Å². The normalized spacial score (nSPS) is 16.6. The molecule has 0 atom stereocenters. The summed E-state index contributed by atoms with van der Waals surface area (Å²) in [6, 6.07) is 5.81. The molecule has 5 heteroatoms. The summed E-state index contributed by atoms with van der Waals surface area (Å²) in [5, 5.41) is 0. The Labute approximate surface area is 124 Å². The van der Waals surface area contributed by atoms with E-state index < -0.39 is 5.60 Å². The maximum Gasteiger partial charge on any atom is 0.271 e. The van der Waals surface area contributed by atoms with E-state index in [-0.39, 0.29) is 12.5 Å². The molecule has 0 saturated heterocycles. The standard InChI is InChI=1S/C15H20N2O2S/c1-4-15(5-2)14(18)17(9-13(16)20)11-8-10(3)6-7-12(11)19-15/h6-8H,4-5,9H2,1-3H3,(H2,16,20). The van der Waals surface area contributed by atoms with Crippen LogP contribution in [-0.4, -0.2) is 23.0 Å². The number of hydrogen-bond acceptors (Lipinski definition) is 3. The molecule has 0 aliphatic carbocycles. The van der Waals surface area contributed by atoms with Crippen molar-refractivity contribution >= 4 is 28.8 Å². The number of thiocarbonyl (C=S) groups is 1. The van der Waals surface area contributed by atoms with Crippen LogP contribution in [0.3, 0.4) is 0 Å². The van der Waals surface area contributed by atoms with Gasteiger partial charge in [-0.3, -0.25) is 9.69 Å². The monoisotopic (exact) mass is 292 g/mol. The maximum absolute atomic E-state index is 12.8. The van der Waals surface area contributed by atoms with E-state index in [4.69, 9.17) is 22.7 Å².